The summed E-state index contributed by atoms with van der Waals surface area (Å²) in [6, 6.07) is 9.14. The Hall–Kier alpha value is -0.860. The summed E-state index contributed by atoms with van der Waals surface area (Å²) < 4.78 is 0. The zero-order valence-corrected chi connectivity index (χ0v) is 13.1. The van der Waals surface area contributed by atoms with Crippen molar-refractivity contribution in [3.63, 3.8) is 0 Å². The van der Waals surface area contributed by atoms with E-state index >= 15 is 0 Å². The second kappa shape index (κ2) is 5.26. The van der Waals surface area contributed by atoms with Crippen LogP contribution in [0.4, 0.5) is 0 Å². The molecule has 0 saturated carbocycles. The first-order valence-corrected chi connectivity index (χ1v) is 7.33. The molecule has 0 radical (unpaired) electrons. The maximum absolute atomic E-state index is 3.56. The van der Waals surface area contributed by atoms with E-state index in [2.05, 4.69) is 69.1 Å². The molecule has 1 heterocycles. The van der Waals surface area contributed by atoms with Crippen LogP contribution >= 0.6 is 0 Å². The highest BCUT2D eigenvalue weighted by Gasteiger charge is 2.25. The van der Waals surface area contributed by atoms with Crippen molar-refractivity contribution in [1.82, 2.24) is 10.2 Å². The Labute approximate surface area is 118 Å². The molecule has 0 bridgehead atoms. The number of hydrogen-bond donors (Lipinski definition) is 1. The fourth-order valence-corrected chi connectivity index (χ4v) is 2.75. The van der Waals surface area contributed by atoms with Crippen molar-refractivity contribution < 1.29 is 0 Å². The number of benzene rings is 1. The first-order chi connectivity index (χ1) is 8.76. The minimum atomic E-state index is 0.240. The van der Waals surface area contributed by atoms with Gasteiger partial charge in [0.1, 0.15) is 0 Å². The van der Waals surface area contributed by atoms with Gasteiger partial charge in [-0.1, -0.05) is 45.0 Å². The molecule has 0 aromatic heterocycles. The predicted octanol–water partition coefficient (Wildman–Crippen LogP) is 3.17. The molecule has 0 unspecified atom stereocenters. The van der Waals surface area contributed by atoms with Crippen LogP contribution in [-0.4, -0.2) is 30.1 Å². The molecule has 2 rings (SSSR count). The first-order valence-electron chi connectivity index (χ1n) is 7.33. The summed E-state index contributed by atoms with van der Waals surface area (Å²) in [5, 5.41) is 3.56. The van der Waals surface area contributed by atoms with E-state index in [9.17, 15) is 0 Å². The van der Waals surface area contributed by atoms with Crippen LogP contribution in [0.1, 0.15) is 45.7 Å². The number of rotatable bonds is 2. The summed E-state index contributed by atoms with van der Waals surface area (Å²) in [6.07, 6.45) is 0. The second-order valence-electron chi connectivity index (χ2n) is 7.47. The van der Waals surface area contributed by atoms with Crippen molar-refractivity contribution in [3.05, 3.63) is 35.4 Å². The molecule has 1 aliphatic rings. The van der Waals surface area contributed by atoms with E-state index in [-0.39, 0.29) is 11.0 Å². The molecule has 0 aliphatic carbocycles. The fraction of sp³-hybridized carbons (Fsp3) is 0.647. The van der Waals surface area contributed by atoms with E-state index in [0.29, 0.717) is 0 Å². The molecule has 106 valence electrons. The van der Waals surface area contributed by atoms with Crippen LogP contribution < -0.4 is 5.32 Å². The third kappa shape index (κ3) is 4.05. The third-order valence-corrected chi connectivity index (χ3v) is 3.88. The van der Waals surface area contributed by atoms with E-state index in [1.165, 1.54) is 11.1 Å². The molecule has 1 fully saturated rings. The highest BCUT2D eigenvalue weighted by Crippen LogP contribution is 2.23. The summed E-state index contributed by atoms with van der Waals surface area (Å²) in [5.74, 6) is 0. The molecular weight excluding hydrogens is 232 g/mol. The molecule has 1 aromatic carbocycles. The monoisotopic (exact) mass is 260 g/mol. The van der Waals surface area contributed by atoms with Gasteiger partial charge in [0.05, 0.1) is 0 Å². The molecule has 1 aliphatic heterocycles. The van der Waals surface area contributed by atoms with Gasteiger partial charge in [0.25, 0.3) is 0 Å². The highest BCUT2D eigenvalue weighted by molar-refractivity contribution is 5.27. The number of nitrogens with zero attached hydrogens (tertiary/aromatic N) is 1. The Morgan fingerprint density at radius 3 is 2.32 bits per heavy atom. The van der Waals surface area contributed by atoms with Crippen molar-refractivity contribution >= 4 is 0 Å². The van der Waals surface area contributed by atoms with Gasteiger partial charge in [-0.3, -0.25) is 4.90 Å². The zero-order chi connectivity index (χ0) is 14.1. The summed E-state index contributed by atoms with van der Waals surface area (Å²) in [5.41, 5.74) is 3.32. The topological polar surface area (TPSA) is 15.3 Å². The second-order valence-corrected chi connectivity index (χ2v) is 7.47. The molecular formula is C17H28N2. The Morgan fingerprint density at radius 1 is 1.16 bits per heavy atom. The van der Waals surface area contributed by atoms with Crippen molar-refractivity contribution in [2.45, 2.75) is 52.1 Å². The Bertz CT molecular complexity index is 412. The van der Waals surface area contributed by atoms with Crippen molar-refractivity contribution in [1.29, 1.82) is 0 Å². The number of piperazine rings is 1. The number of nitrogens with one attached hydrogen (secondary N) is 1. The van der Waals surface area contributed by atoms with Gasteiger partial charge in [-0.15, -0.1) is 0 Å². The number of hydrogen-bond acceptors (Lipinski definition) is 2. The summed E-state index contributed by atoms with van der Waals surface area (Å²) in [7, 11) is 0. The zero-order valence-electron chi connectivity index (χ0n) is 13.1. The fourth-order valence-electron chi connectivity index (χ4n) is 2.75. The molecule has 2 heteroatoms. The van der Waals surface area contributed by atoms with Crippen LogP contribution in [0.15, 0.2) is 24.3 Å². The van der Waals surface area contributed by atoms with Crippen molar-refractivity contribution in [2.24, 2.45) is 0 Å². The smallest absolute Gasteiger partial charge is 0.0252 e. The quantitative estimate of drug-likeness (QED) is 0.878. The molecule has 0 amide bonds. The first kappa shape index (κ1) is 14.5. The van der Waals surface area contributed by atoms with E-state index in [1.54, 1.807) is 0 Å². The third-order valence-electron chi connectivity index (χ3n) is 3.88. The molecule has 0 spiro atoms. The van der Waals surface area contributed by atoms with E-state index in [4.69, 9.17) is 0 Å². The Balaban J connectivity index is 2.00. The van der Waals surface area contributed by atoms with Gasteiger partial charge < -0.3 is 5.32 Å². The van der Waals surface area contributed by atoms with Gasteiger partial charge in [0, 0.05) is 31.7 Å². The average molecular weight is 260 g/mol. The van der Waals surface area contributed by atoms with Crippen LogP contribution in [0, 0.1) is 0 Å². The predicted molar refractivity (Wildman–Crippen MR) is 82.5 cm³/mol. The maximum Gasteiger partial charge on any atom is 0.0252 e. The van der Waals surface area contributed by atoms with Gasteiger partial charge in [0.2, 0.25) is 0 Å². The molecule has 1 saturated heterocycles. The van der Waals surface area contributed by atoms with E-state index < -0.39 is 0 Å². The van der Waals surface area contributed by atoms with Crippen molar-refractivity contribution in [3.8, 4) is 0 Å². The van der Waals surface area contributed by atoms with Crippen LogP contribution in [0.3, 0.4) is 0 Å². The Morgan fingerprint density at radius 2 is 1.79 bits per heavy atom. The normalized spacial score (nSPS) is 20.5. The Kier molecular flexibility index (Phi) is 4.03. The van der Waals surface area contributed by atoms with Crippen LogP contribution in [0.2, 0.25) is 0 Å². The maximum atomic E-state index is 3.56. The van der Waals surface area contributed by atoms with Crippen LogP contribution in [0.25, 0.3) is 0 Å². The highest BCUT2D eigenvalue weighted by atomic mass is 15.2. The minimum absolute atomic E-state index is 0.240. The molecule has 0 atom stereocenters. The van der Waals surface area contributed by atoms with Gasteiger partial charge in [-0.05, 0) is 30.4 Å². The van der Waals surface area contributed by atoms with Gasteiger partial charge in [-0.2, -0.15) is 0 Å². The summed E-state index contributed by atoms with van der Waals surface area (Å²) in [4.78, 5) is 2.54. The summed E-state index contributed by atoms with van der Waals surface area (Å²) >= 11 is 0. The minimum Gasteiger partial charge on any atom is -0.309 e. The lowest BCUT2D eigenvalue weighted by molar-refractivity contribution is 0.148. The lowest BCUT2D eigenvalue weighted by Gasteiger charge is -2.39. The largest absolute Gasteiger partial charge is 0.309 e. The molecule has 19 heavy (non-hydrogen) atoms. The summed E-state index contributed by atoms with van der Waals surface area (Å²) in [6.45, 7) is 15.8. The van der Waals surface area contributed by atoms with Gasteiger partial charge in [-0.25, -0.2) is 0 Å². The van der Waals surface area contributed by atoms with E-state index in [0.717, 1.165) is 26.2 Å². The molecule has 1 N–H and O–H groups in total. The van der Waals surface area contributed by atoms with Crippen LogP contribution in [-0.2, 0) is 12.0 Å². The van der Waals surface area contributed by atoms with Crippen LogP contribution in [0.5, 0.6) is 0 Å². The molecule has 2 nitrogen and oxygen atoms in total. The average Bonchev–Trinajstić information content (AvgIpc) is 2.27. The van der Waals surface area contributed by atoms with Crippen molar-refractivity contribution in [2.75, 3.05) is 19.6 Å². The van der Waals surface area contributed by atoms with Gasteiger partial charge in [0.15, 0.2) is 0 Å². The van der Waals surface area contributed by atoms with Gasteiger partial charge >= 0.3 is 0 Å². The lowest BCUT2D eigenvalue weighted by atomic mass is 9.86. The SMILES string of the molecule is CC1(C)CN(Cc2ccc(C(C)(C)C)cc2)CCN1. The van der Waals surface area contributed by atoms with E-state index in [1.807, 2.05) is 0 Å². The molecule has 1 aromatic rings. The lowest BCUT2D eigenvalue weighted by Crippen LogP contribution is -2.56. The standard InChI is InChI=1S/C17H28N2/c1-16(2,3)15-8-6-14(7-9-15)12-19-11-10-18-17(4,5)13-19/h6-9,18H,10-13H2,1-5H3.